The molecule has 2 N–H and O–H groups in total. The fraction of sp³-hybridized carbons (Fsp3) is 0.600. The Morgan fingerprint density at radius 1 is 1.36 bits per heavy atom. The normalized spacial score (nSPS) is 34.8. The highest BCUT2D eigenvalue weighted by Crippen LogP contribution is 2.54. The molecular formula is C20H26F2O3. The van der Waals surface area contributed by atoms with Crippen LogP contribution in [-0.2, 0) is 6.42 Å². The average Bonchev–Trinajstić information content (AvgIpc) is 2.97. The smallest absolute Gasteiger partial charge is 0.267 e. The Balaban J connectivity index is 1.96. The van der Waals surface area contributed by atoms with Crippen molar-refractivity contribution in [2.24, 2.45) is 17.8 Å². The third-order valence-electron chi connectivity index (χ3n) is 6.34. The number of fused-ring (bicyclic) bond motifs is 1. The fourth-order valence-corrected chi connectivity index (χ4v) is 5.04. The van der Waals surface area contributed by atoms with Crippen molar-refractivity contribution < 1.29 is 23.7 Å². The van der Waals surface area contributed by atoms with Crippen molar-refractivity contribution >= 4 is 0 Å². The lowest BCUT2D eigenvalue weighted by Crippen LogP contribution is -2.50. The first kappa shape index (κ1) is 18.3. The third-order valence-corrected chi connectivity index (χ3v) is 6.34. The van der Waals surface area contributed by atoms with E-state index in [0.29, 0.717) is 19.3 Å². The van der Waals surface area contributed by atoms with Gasteiger partial charge < -0.3 is 14.9 Å². The molecule has 0 spiro atoms. The van der Waals surface area contributed by atoms with Crippen LogP contribution in [0.3, 0.4) is 0 Å². The molecule has 138 valence electrons. The number of alkyl halides is 2. The van der Waals surface area contributed by atoms with Crippen LogP contribution in [0.5, 0.6) is 5.75 Å². The van der Waals surface area contributed by atoms with Crippen LogP contribution in [0, 0.1) is 17.8 Å². The van der Waals surface area contributed by atoms with Crippen LogP contribution < -0.4 is 4.74 Å². The lowest BCUT2D eigenvalue weighted by molar-refractivity contribution is -0.152. The van der Waals surface area contributed by atoms with E-state index in [2.05, 4.69) is 6.58 Å². The second-order valence-electron chi connectivity index (χ2n) is 7.27. The summed E-state index contributed by atoms with van der Waals surface area (Å²) in [5.41, 5.74) is 0.0239. The van der Waals surface area contributed by atoms with Crippen LogP contribution in [0.2, 0.25) is 0 Å². The Bertz CT molecular complexity index is 633. The van der Waals surface area contributed by atoms with E-state index in [1.807, 2.05) is 18.2 Å². The van der Waals surface area contributed by atoms with Gasteiger partial charge in [-0.2, -0.15) is 0 Å². The second-order valence-corrected chi connectivity index (χ2v) is 7.27. The SMILES string of the molecule is C=C[C@@H]1CC[C@@H]([C@@H]2CCc3cc(OC)ccc3[C@H]2CO)[C@]1(O)C(F)F. The van der Waals surface area contributed by atoms with Crippen LogP contribution in [-0.4, -0.2) is 36.0 Å². The number of aliphatic hydroxyl groups is 2. The number of hydrogen-bond acceptors (Lipinski definition) is 3. The predicted molar refractivity (Wildman–Crippen MR) is 92.0 cm³/mol. The Morgan fingerprint density at radius 2 is 2.12 bits per heavy atom. The third kappa shape index (κ3) is 2.87. The summed E-state index contributed by atoms with van der Waals surface area (Å²) in [6, 6.07) is 5.71. The Kier molecular flexibility index (Phi) is 5.16. The van der Waals surface area contributed by atoms with E-state index < -0.39 is 23.9 Å². The Morgan fingerprint density at radius 3 is 2.72 bits per heavy atom. The van der Waals surface area contributed by atoms with Crippen molar-refractivity contribution in [2.75, 3.05) is 13.7 Å². The zero-order chi connectivity index (χ0) is 18.2. The van der Waals surface area contributed by atoms with Crippen LogP contribution in [0.25, 0.3) is 0 Å². The van der Waals surface area contributed by atoms with Crippen molar-refractivity contribution in [1.82, 2.24) is 0 Å². The van der Waals surface area contributed by atoms with Gasteiger partial charge >= 0.3 is 0 Å². The van der Waals surface area contributed by atoms with Crippen molar-refractivity contribution in [3.05, 3.63) is 42.0 Å². The molecule has 1 aromatic rings. The highest BCUT2D eigenvalue weighted by Gasteiger charge is 2.57. The maximum absolute atomic E-state index is 13.8. The summed E-state index contributed by atoms with van der Waals surface area (Å²) < 4.78 is 32.9. The summed E-state index contributed by atoms with van der Waals surface area (Å²) >= 11 is 0. The summed E-state index contributed by atoms with van der Waals surface area (Å²) in [4.78, 5) is 0. The van der Waals surface area contributed by atoms with E-state index in [4.69, 9.17) is 4.74 Å². The number of methoxy groups -OCH3 is 1. The maximum atomic E-state index is 13.8. The van der Waals surface area contributed by atoms with Crippen LogP contribution in [0.15, 0.2) is 30.9 Å². The topological polar surface area (TPSA) is 49.7 Å². The molecule has 0 heterocycles. The largest absolute Gasteiger partial charge is 0.497 e. The molecule has 2 aliphatic rings. The first-order chi connectivity index (χ1) is 12.0. The molecule has 3 nitrogen and oxygen atoms in total. The number of halogens is 2. The molecule has 0 saturated heterocycles. The molecule has 1 aromatic carbocycles. The van der Waals surface area contributed by atoms with Crippen LogP contribution in [0.1, 0.15) is 36.3 Å². The molecule has 0 aliphatic heterocycles. The number of hydrogen-bond donors (Lipinski definition) is 2. The van der Waals surface area contributed by atoms with Crippen LogP contribution >= 0.6 is 0 Å². The molecule has 0 bridgehead atoms. The van der Waals surface area contributed by atoms with E-state index in [0.717, 1.165) is 23.3 Å². The van der Waals surface area contributed by atoms with Crippen LogP contribution in [0.4, 0.5) is 8.78 Å². The van der Waals surface area contributed by atoms with Gasteiger partial charge in [0.2, 0.25) is 0 Å². The van der Waals surface area contributed by atoms with Gasteiger partial charge in [-0.25, -0.2) is 8.78 Å². The zero-order valence-corrected chi connectivity index (χ0v) is 14.5. The standard InChI is InChI=1S/C20H26F2O3/c1-3-13-5-9-18(20(13,24)19(21)22)16-7-4-12-10-14(25-2)6-8-15(12)17(16)11-23/h3,6,8,10,13,16-19,23-24H,1,4-5,7,9,11H2,2H3/t13-,16-,17-,18+,20+/m1/s1. The van der Waals surface area contributed by atoms with E-state index >= 15 is 0 Å². The van der Waals surface area contributed by atoms with Crippen molar-refractivity contribution in [1.29, 1.82) is 0 Å². The monoisotopic (exact) mass is 352 g/mol. The van der Waals surface area contributed by atoms with Gasteiger partial charge in [-0.3, -0.25) is 0 Å². The maximum Gasteiger partial charge on any atom is 0.267 e. The van der Waals surface area contributed by atoms with Crippen molar-refractivity contribution in [3.63, 3.8) is 0 Å². The zero-order valence-electron chi connectivity index (χ0n) is 14.5. The Labute approximate surface area is 147 Å². The fourth-order valence-electron chi connectivity index (χ4n) is 5.04. The molecule has 0 unspecified atom stereocenters. The highest BCUT2D eigenvalue weighted by atomic mass is 19.3. The van der Waals surface area contributed by atoms with Gasteiger partial charge in [-0.1, -0.05) is 12.1 Å². The van der Waals surface area contributed by atoms with Gasteiger partial charge in [0.25, 0.3) is 6.43 Å². The first-order valence-corrected chi connectivity index (χ1v) is 8.88. The molecule has 0 radical (unpaired) electrons. The summed E-state index contributed by atoms with van der Waals surface area (Å²) in [6.07, 6.45) is 1.10. The summed E-state index contributed by atoms with van der Waals surface area (Å²) in [5.74, 6) is -0.800. The van der Waals surface area contributed by atoms with Gasteiger partial charge in [0.1, 0.15) is 11.4 Å². The quantitative estimate of drug-likeness (QED) is 0.797. The molecule has 0 aromatic heterocycles. The van der Waals surface area contributed by atoms with Gasteiger partial charge in [0, 0.05) is 11.8 Å². The average molecular weight is 352 g/mol. The molecule has 1 saturated carbocycles. The lowest BCUT2D eigenvalue weighted by Gasteiger charge is -2.43. The minimum Gasteiger partial charge on any atom is -0.497 e. The van der Waals surface area contributed by atoms with Crippen molar-refractivity contribution in [2.45, 2.75) is 43.6 Å². The molecule has 2 aliphatic carbocycles. The van der Waals surface area contributed by atoms with Gasteiger partial charge in [-0.15, -0.1) is 6.58 Å². The van der Waals surface area contributed by atoms with E-state index in [9.17, 15) is 19.0 Å². The van der Waals surface area contributed by atoms with E-state index in [-0.39, 0.29) is 18.4 Å². The molecule has 0 amide bonds. The van der Waals surface area contributed by atoms with Gasteiger partial charge in [0.15, 0.2) is 0 Å². The molecular weight excluding hydrogens is 326 g/mol. The number of ether oxygens (including phenoxy) is 1. The first-order valence-electron chi connectivity index (χ1n) is 8.88. The molecule has 5 heteroatoms. The molecule has 3 rings (SSSR count). The number of aryl methyl sites for hydroxylation is 1. The molecule has 5 atom stereocenters. The molecule has 25 heavy (non-hydrogen) atoms. The minimum atomic E-state index is -2.82. The van der Waals surface area contributed by atoms with E-state index in [1.165, 1.54) is 6.08 Å². The lowest BCUT2D eigenvalue weighted by atomic mass is 9.65. The number of aliphatic hydroxyl groups excluding tert-OH is 1. The minimum absolute atomic E-state index is 0.113. The molecule has 1 fully saturated rings. The summed E-state index contributed by atoms with van der Waals surface area (Å²) in [6.45, 7) is 3.53. The predicted octanol–water partition coefficient (Wildman–Crippen LogP) is 3.54. The second kappa shape index (κ2) is 7.04. The number of rotatable bonds is 5. The Hall–Kier alpha value is -1.46. The summed E-state index contributed by atoms with van der Waals surface area (Å²) in [7, 11) is 1.60. The number of benzene rings is 1. The summed E-state index contributed by atoms with van der Waals surface area (Å²) in [5, 5.41) is 20.9. The highest BCUT2D eigenvalue weighted by molar-refractivity contribution is 5.40. The van der Waals surface area contributed by atoms with Crippen molar-refractivity contribution in [3.8, 4) is 5.75 Å². The van der Waals surface area contributed by atoms with Gasteiger partial charge in [0.05, 0.1) is 13.7 Å². The van der Waals surface area contributed by atoms with E-state index in [1.54, 1.807) is 7.11 Å². The van der Waals surface area contributed by atoms with Gasteiger partial charge in [-0.05, 0) is 60.8 Å².